The number of carboxylic acid groups (broad SMARTS) is 1. The summed E-state index contributed by atoms with van der Waals surface area (Å²) < 4.78 is 10.3. The van der Waals surface area contributed by atoms with Gasteiger partial charge in [-0.05, 0) is 69.4 Å². The Morgan fingerprint density at radius 3 is 2.52 bits per heavy atom. The number of aliphatic hydroxyl groups excluding tert-OH is 1. The van der Waals surface area contributed by atoms with Gasteiger partial charge < -0.3 is 19.5 Å². The summed E-state index contributed by atoms with van der Waals surface area (Å²) in [5.74, 6) is 0.384. The molecule has 2 aromatic heterocycles. The van der Waals surface area contributed by atoms with E-state index in [1.807, 2.05) is 28.8 Å². The molecule has 0 atom stereocenters. The Morgan fingerprint density at radius 2 is 1.76 bits per heavy atom. The molecule has 7 heteroatoms. The van der Waals surface area contributed by atoms with Crippen molar-refractivity contribution in [3.63, 3.8) is 0 Å². The van der Waals surface area contributed by atoms with E-state index < -0.39 is 5.97 Å². The highest BCUT2D eigenvalue weighted by atomic mass is 16.5. The first-order chi connectivity index (χ1) is 20.5. The van der Waals surface area contributed by atoms with Gasteiger partial charge in [0.2, 0.25) is 0 Å². The minimum atomic E-state index is -0.922. The number of carboxylic acids is 1. The lowest BCUT2D eigenvalue weighted by Crippen LogP contribution is -2.12. The van der Waals surface area contributed by atoms with E-state index in [-0.39, 0.29) is 6.61 Å². The molecule has 0 spiro atoms. The zero-order chi connectivity index (χ0) is 29.2. The normalized spacial score (nSPS) is 13.3. The molecule has 7 nitrogen and oxygen atoms in total. The number of aromatic nitrogens is 3. The lowest BCUT2D eigenvalue weighted by molar-refractivity contribution is 0.0684. The number of nitrogens with zero attached hydrogens (tertiary/aromatic N) is 3. The van der Waals surface area contributed by atoms with Crippen molar-refractivity contribution in [1.82, 2.24) is 14.3 Å². The molecule has 0 radical (unpaired) electrons. The molecular weight excluding hydrogens is 526 g/mol. The standard InChI is InChI=1S/C35H39N3O4/c1-3-38-23(2)31(32(36-38)25-18-19-25)29-15-9-14-27-28(34(35(40)41)37(33(27)29)20-6-7-21-39)16-10-22-42-30-17-8-12-24-11-4-5-13-26(24)30/h4-5,8-9,11-15,17,25,39H,3,6-7,10,16,18-22H2,1-2H3,(H,40,41). The van der Waals surface area contributed by atoms with Gasteiger partial charge in [0.05, 0.1) is 17.8 Å². The van der Waals surface area contributed by atoms with E-state index in [1.54, 1.807) is 0 Å². The predicted octanol–water partition coefficient (Wildman–Crippen LogP) is 7.35. The molecule has 42 heavy (non-hydrogen) atoms. The number of carbonyl (C=O) groups is 1. The van der Waals surface area contributed by atoms with Crippen molar-refractivity contribution in [1.29, 1.82) is 0 Å². The third-order valence-electron chi connectivity index (χ3n) is 8.52. The van der Waals surface area contributed by atoms with E-state index in [4.69, 9.17) is 9.84 Å². The molecule has 0 unspecified atom stereocenters. The van der Waals surface area contributed by atoms with Crippen LogP contribution in [-0.4, -0.2) is 43.7 Å². The second kappa shape index (κ2) is 12.0. The SMILES string of the molecule is CCn1nc(C2CC2)c(-c2cccc3c(CCCOc4cccc5ccccc45)c(C(=O)O)n(CCCCO)c23)c1C. The van der Waals surface area contributed by atoms with Gasteiger partial charge in [-0.25, -0.2) is 4.79 Å². The molecule has 2 heterocycles. The molecule has 5 aromatic rings. The van der Waals surface area contributed by atoms with Crippen LogP contribution >= 0.6 is 0 Å². The third-order valence-corrected chi connectivity index (χ3v) is 8.52. The smallest absolute Gasteiger partial charge is 0.352 e. The van der Waals surface area contributed by atoms with Gasteiger partial charge in [-0.15, -0.1) is 0 Å². The quantitative estimate of drug-likeness (QED) is 0.146. The number of aromatic carboxylic acids is 1. The number of rotatable bonds is 13. The lowest BCUT2D eigenvalue weighted by Gasteiger charge is -2.13. The number of benzene rings is 3. The molecule has 0 saturated heterocycles. The summed E-state index contributed by atoms with van der Waals surface area (Å²) in [5.41, 5.74) is 6.60. The van der Waals surface area contributed by atoms with Gasteiger partial charge in [0.15, 0.2) is 0 Å². The Morgan fingerprint density at radius 1 is 1.00 bits per heavy atom. The summed E-state index contributed by atoms with van der Waals surface area (Å²) >= 11 is 0. The molecule has 1 aliphatic rings. The Bertz CT molecular complexity index is 1740. The first-order valence-corrected chi connectivity index (χ1v) is 15.2. The van der Waals surface area contributed by atoms with Crippen molar-refractivity contribution in [2.45, 2.75) is 71.4 Å². The highest BCUT2D eigenvalue weighted by Gasteiger charge is 2.33. The molecule has 1 fully saturated rings. The summed E-state index contributed by atoms with van der Waals surface area (Å²) in [6, 6.07) is 20.5. The second-order valence-electron chi connectivity index (χ2n) is 11.3. The fourth-order valence-electron chi connectivity index (χ4n) is 6.39. The average molecular weight is 566 g/mol. The number of ether oxygens (including phenoxy) is 1. The van der Waals surface area contributed by atoms with Crippen LogP contribution in [0.1, 0.15) is 72.4 Å². The van der Waals surface area contributed by atoms with E-state index in [1.165, 1.54) is 0 Å². The Kier molecular flexibility index (Phi) is 8.02. The minimum Gasteiger partial charge on any atom is -0.493 e. The number of para-hydroxylation sites is 1. The molecule has 6 rings (SSSR count). The Balaban J connectivity index is 1.40. The predicted molar refractivity (Wildman–Crippen MR) is 167 cm³/mol. The van der Waals surface area contributed by atoms with Gasteiger partial charge in [-0.1, -0.05) is 54.6 Å². The van der Waals surface area contributed by atoms with Crippen LogP contribution in [0, 0.1) is 6.92 Å². The molecule has 3 aromatic carbocycles. The molecule has 1 saturated carbocycles. The number of fused-ring (bicyclic) bond motifs is 2. The summed E-state index contributed by atoms with van der Waals surface area (Å²) in [5, 5.41) is 28.2. The first-order valence-electron chi connectivity index (χ1n) is 15.2. The van der Waals surface area contributed by atoms with Gasteiger partial charge >= 0.3 is 5.97 Å². The number of unbranched alkanes of at least 4 members (excludes halogenated alkanes) is 1. The topological polar surface area (TPSA) is 89.5 Å². The van der Waals surface area contributed by atoms with Crippen LogP contribution in [0.3, 0.4) is 0 Å². The van der Waals surface area contributed by atoms with Crippen molar-refractivity contribution >= 4 is 27.6 Å². The molecule has 218 valence electrons. The number of aryl methyl sites for hydroxylation is 3. The van der Waals surface area contributed by atoms with Crippen LogP contribution in [0.4, 0.5) is 0 Å². The largest absolute Gasteiger partial charge is 0.493 e. The van der Waals surface area contributed by atoms with Crippen LogP contribution in [-0.2, 0) is 19.5 Å². The van der Waals surface area contributed by atoms with Crippen LogP contribution in [0.2, 0.25) is 0 Å². The Hall–Kier alpha value is -4.10. The summed E-state index contributed by atoms with van der Waals surface area (Å²) in [6.45, 7) is 6.13. The van der Waals surface area contributed by atoms with Gasteiger partial charge in [-0.3, -0.25) is 4.68 Å². The zero-order valence-electron chi connectivity index (χ0n) is 24.5. The fourth-order valence-corrected chi connectivity index (χ4v) is 6.39. The van der Waals surface area contributed by atoms with E-state index in [2.05, 4.69) is 54.9 Å². The zero-order valence-corrected chi connectivity index (χ0v) is 24.5. The van der Waals surface area contributed by atoms with Gasteiger partial charge in [-0.2, -0.15) is 5.10 Å². The molecule has 1 aliphatic carbocycles. The molecule has 0 aliphatic heterocycles. The monoisotopic (exact) mass is 565 g/mol. The highest BCUT2D eigenvalue weighted by molar-refractivity contribution is 6.04. The van der Waals surface area contributed by atoms with Gasteiger partial charge in [0.1, 0.15) is 11.4 Å². The van der Waals surface area contributed by atoms with Gasteiger partial charge in [0.25, 0.3) is 0 Å². The van der Waals surface area contributed by atoms with Crippen molar-refractivity contribution in [2.75, 3.05) is 13.2 Å². The molecule has 0 amide bonds. The fraction of sp³-hybridized carbons (Fsp3) is 0.371. The third kappa shape index (κ3) is 5.18. The second-order valence-corrected chi connectivity index (χ2v) is 11.3. The highest BCUT2D eigenvalue weighted by Crippen LogP contribution is 2.47. The number of hydrogen-bond acceptors (Lipinski definition) is 4. The first kappa shape index (κ1) is 28.0. The van der Waals surface area contributed by atoms with E-state index >= 15 is 0 Å². The summed E-state index contributed by atoms with van der Waals surface area (Å²) in [6.07, 6.45) is 4.87. The van der Waals surface area contributed by atoms with Crippen molar-refractivity contribution in [3.8, 4) is 16.9 Å². The average Bonchev–Trinajstić information content (AvgIpc) is 3.72. The maximum atomic E-state index is 12.9. The van der Waals surface area contributed by atoms with Crippen molar-refractivity contribution in [3.05, 3.63) is 83.3 Å². The number of hydrogen-bond donors (Lipinski definition) is 2. The molecule has 2 N–H and O–H groups in total. The maximum Gasteiger partial charge on any atom is 0.352 e. The van der Waals surface area contributed by atoms with Gasteiger partial charge in [0, 0.05) is 53.2 Å². The van der Waals surface area contributed by atoms with Crippen LogP contribution in [0.25, 0.3) is 32.8 Å². The van der Waals surface area contributed by atoms with Crippen LogP contribution in [0.5, 0.6) is 5.75 Å². The molecule has 0 bridgehead atoms. The van der Waals surface area contributed by atoms with Crippen LogP contribution in [0.15, 0.2) is 60.7 Å². The maximum absolute atomic E-state index is 12.9. The van der Waals surface area contributed by atoms with E-state index in [0.717, 1.165) is 74.9 Å². The molecular formula is C35H39N3O4. The lowest BCUT2D eigenvalue weighted by atomic mass is 9.97. The summed E-state index contributed by atoms with van der Waals surface area (Å²) in [4.78, 5) is 12.9. The van der Waals surface area contributed by atoms with Crippen molar-refractivity contribution in [2.24, 2.45) is 0 Å². The van der Waals surface area contributed by atoms with E-state index in [0.29, 0.717) is 50.4 Å². The minimum absolute atomic E-state index is 0.0844. The Labute approximate surface area is 246 Å². The summed E-state index contributed by atoms with van der Waals surface area (Å²) in [7, 11) is 0. The number of aliphatic hydroxyl groups is 1. The van der Waals surface area contributed by atoms with E-state index in [9.17, 15) is 15.0 Å². The van der Waals surface area contributed by atoms with Crippen LogP contribution < -0.4 is 4.74 Å². The van der Waals surface area contributed by atoms with Crippen molar-refractivity contribution < 1.29 is 19.7 Å².